The fourth-order valence-corrected chi connectivity index (χ4v) is 3.36. The Morgan fingerprint density at radius 3 is 1.73 bits per heavy atom. The van der Waals surface area contributed by atoms with Gasteiger partial charge in [-0.1, -0.05) is 24.8 Å². The molecular weight excluding hydrogens is 404 g/mol. The summed E-state index contributed by atoms with van der Waals surface area (Å²) < 4.78 is 115. The Bertz CT molecular complexity index is 1060. The van der Waals surface area contributed by atoms with Gasteiger partial charge in [-0.2, -0.15) is 17.2 Å². The van der Waals surface area contributed by atoms with E-state index in [1.54, 1.807) is 0 Å². The molecule has 0 aliphatic rings. The van der Waals surface area contributed by atoms with Gasteiger partial charge in [0.1, 0.15) is 19.9 Å². The van der Waals surface area contributed by atoms with Gasteiger partial charge in [0.25, 0.3) is 0 Å². The second-order valence-corrected chi connectivity index (χ2v) is 7.54. The van der Waals surface area contributed by atoms with Crippen molar-refractivity contribution in [2.24, 2.45) is 0 Å². The van der Waals surface area contributed by atoms with Crippen LogP contribution in [0.5, 0.6) is 5.75 Å². The molecular formula is C14H7F4O6S2-. The molecule has 0 unspecified atom stereocenters. The summed E-state index contributed by atoms with van der Waals surface area (Å²) in [4.78, 5) is -3.05. The van der Waals surface area contributed by atoms with E-state index in [1.165, 1.54) is 18.2 Å². The Morgan fingerprint density at radius 2 is 1.35 bits per heavy atom. The van der Waals surface area contributed by atoms with Crippen molar-refractivity contribution in [1.29, 1.82) is 0 Å². The van der Waals surface area contributed by atoms with Gasteiger partial charge in [0.15, 0.2) is 11.6 Å². The molecule has 0 saturated carbocycles. The lowest BCUT2D eigenvalue weighted by molar-refractivity contribution is 0.363. The van der Waals surface area contributed by atoms with Crippen LogP contribution in [0, 0.1) is 23.3 Å². The summed E-state index contributed by atoms with van der Waals surface area (Å²) in [5.41, 5.74) is 0.489. The minimum atomic E-state index is -5.92. The molecule has 0 heterocycles. The summed E-state index contributed by atoms with van der Waals surface area (Å²) in [5, 5.41) is 0. The minimum absolute atomic E-state index is 0.489. The van der Waals surface area contributed by atoms with Crippen LogP contribution in [0.3, 0.4) is 0 Å². The molecule has 6 nitrogen and oxygen atoms in total. The summed E-state index contributed by atoms with van der Waals surface area (Å²) in [6.45, 7) is 3.42. The molecule has 26 heavy (non-hydrogen) atoms. The van der Waals surface area contributed by atoms with Crippen molar-refractivity contribution in [3.05, 3.63) is 59.7 Å². The van der Waals surface area contributed by atoms with E-state index < -0.39 is 59.0 Å². The predicted molar refractivity (Wildman–Crippen MR) is 78.6 cm³/mol. The lowest BCUT2D eigenvalue weighted by atomic mass is 10.2. The number of rotatable bonds is 5. The topological polar surface area (TPSA) is 101 Å². The molecule has 12 heteroatoms. The van der Waals surface area contributed by atoms with E-state index in [0.717, 1.165) is 12.1 Å². The summed E-state index contributed by atoms with van der Waals surface area (Å²) >= 11 is 0. The van der Waals surface area contributed by atoms with Crippen LogP contribution in [0.1, 0.15) is 5.56 Å². The van der Waals surface area contributed by atoms with E-state index >= 15 is 0 Å². The Morgan fingerprint density at radius 1 is 0.885 bits per heavy atom. The van der Waals surface area contributed by atoms with Crippen molar-refractivity contribution in [1.82, 2.24) is 0 Å². The van der Waals surface area contributed by atoms with Crippen molar-refractivity contribution < 1.29 is 43.1 Å². The fourth-order valence-electron chi connectivity index (χ4n) is 1.81. The highest BCUT2D eigenvalue weighted by Gasteiger charge is 2.32. The molecule has 140 valence electrons. The minimum Gasteiger partial charge on any atom is -0.744 e. The molecule has 0 amide bonds. The summed E-state index contributed by atoms with van der Waals surface area (Å²) in [7, 11) is -10.9. The van der Waals surface area contributed by atoms with Crippen LogP contribution in [0.15, 0.2) is 40.6 Å². The van der Waals surface area contributed by atoms with Crippen molar-refractivity contribution in [2.75, 3.05) is 0 Å². The lowest BCUT2D eigenvalue weighted by Gasteiger charge is -2.14. The van der Waals surface area contributed by atoms with E-state index in [9.17, 15) is 39.0 Å². The van der Waals surface area contributed by atoms with E-state index in [0.29, 0.717) is 5.56 Å². The molecule has 0 fully saturated rings. The SMILES string of the molecule is C=Cc1ccc(S(=O)(=O)Oc2c(F)c(F)c(S(=O)(=O)[O-])c(F)c2F)cc1. The highest BCUT2D eigenvalue weighted by molar-refractivity contribution is 7.87. The van der Waals surface area contributed by atoms with Gasteiger partial charge in [-0.15, -0.1) is 0 Å². The third-order valence-electron chi connectivity index (χ3n) is 3.03. The van der Waals surface area contributed by atoms with Crippen LogP contribution in [0.4, 0.5) is 17.6 Å². The molecule has 0 spiro atoms. The third kappa shape index (κ3) is 3.57. The second-order valence-electron chi connectivity index (χ2n) is 4.68. The molecule has 0 aliphatic carbocycles. The molecule has 0 radical (unpaired) electrons. The molecule has 0 aromatic heterocycles. The summed E-state index contributed by atoms with van der Waals surface area (Å²) in [6, 6.07) is 4.44. The number of halogens is 4. The second kappa shape index (κ2) is 6.70. The Labute approximate surface area is 145 Å². The van der Waals surface area contributed by atoms with Crippen molar-refractivity contribution >= 4 is 26.3 Å². The first-order valence-corrected chi connectivity index (χ1v) is 9.20. The Kier molecular flexibility index (Phi) is 5.12. The van der Waals surface area contributed by atoms with Gasteiger partial charge in [-0.3, -0.25) is 0 Å². The van der Waals surface area contributed by atoms with E-state index in [1.807, 2.05) is 0 Å². The monoisotopic (exact) mass is 411 g/mol. The zero-order valence-electron chi connectivity index (χ0n) is 12.4. The Balaban J connectivity index is 2.61. The maximum Gasteiger partial charge on any atom is 0.339 e. The fraction of sp³-hybridized carbons (Fsp3) is 0. The van der Waals surface area contributed by atoms with Crippen LogP contribution in [-0.2, 0) is 20.2 Å². The quantitative estimate of drug-likeness (QED) is 0.324. The number of benzene rings is 2. The normalized spacial score (nSPS) is 12.0. The van der Waals surface area contributed by atoms with Gasteiger partial charge in [0.05, 0.1) is 0 Å². The number of hydrogen-bond donors (Lipinski definition) is 0. The molecule has 0 bridgehead atoms. The van der Waals surface area contributed by atoms with Crippen LogP contribution < -0.4 is 4.18 Å². The highest BCUT2D eigenvalue weighted by atomic mass is 32.2. The maximum atomic E-state index is 13.8. The van der Waals surface area contributed by atoms with Gasteiger partial charge in [-0.05, 0) is 17.7 Å². The molecule has 0 atom stereocenters. The predicted octanol–water partition coefficient (Wildman–Crippen LogP) is 2.56. The lowest BCUT2D eigenvalue weighted by Crippen LogP contribution is -2.16. The zero-order chi connectivity index (χ0) is 19.9. The molecule has 0 saturated heterocycles. The smallest absolute Gasteiger partial charge is 0.339 e. The van der Waals surface area contributed by atoms with E-state index in [-0.39, 0.29) is 0 Å². The first-order valence-electron chi connectivity index (χ1n) is 6.39. The molecule has 0 N–H and O–H groups in total. The van der Waals surface area contributed by atoms with Gasteiger partial charge in [-0.25, -0.2) is 17.2 Å². The van der Waals surface area contributed by atoms with Crippen LogP contribution >= 0.6 is 0 Å². The molecule has 0 aliphatic heterocycles. The van der Waals surface area contributed by atoms with Crippen LogP contribution in [-0.4, -0.2) is 21.4 Å². The maximum absolute atomic E-state index is 13.8. The van der Waals surface area contributed by atoms with E-state index in [4.69, 9.17) is 0 Å². The van der Waals surface area contributed by atoms with Gasteiger partial charge in [0, 0.05) is 0 Å². The highest BCUT2D eigenvalue weighted by Crippen LogP contribution is 2.34. The van der Waals surface area contributed by atoms with Crippen LogP contribution in [0.2, 0.25) is 0 Å². The average molecular weight is 411 g/mol. The van der Waals surface area contributed by atoms with Crippen molar-refractivity contribution in [3.63, 3.8) is 0 Å². The zero-order valence-corrected chi connectivity index (χ0v) is 14.0. The third-order valence-corrected chi connectivity index (χ3v) is 5.12. The summed E-state index contributed by atoms with van der Waals surface area (Å²) in [5.74, 6) is -12.3. The van der Waals surface area contributed by atoms with Crippen molar-refractivity contribution in [3.8, 4) is 5.75 Å². The number of hydrogen-bond acceptors (Lipinski definition) is 6. The summed E-state index contributed by atoms with van der Waals surface area (Å²) in [6.07, 6.45) is 1.36. The first kappa shape index (κ1) is 19.9. The largest absolute Gasteiger partial charge is 0.744 e. The van der Waals surface area contributed by atoms with Crippen molar-refractivity contribution in [2.45, 2.75) is 9.79 Å². The van der Waals surface area contributed by atoms with Gasteiger partial charge >= 0.3 is 10.1 Å². The first-order chi connectivity index (χ1) is 11.9. The van der Waals surface area contributed by atoms with E-state index in [2.05, 4.69) is 10.8 Å². The Hall–Kier alpha value is -2.44. The standard InChI is InChI=1S/C14H8F4O6S2/c1-2-7-3-5-8(6-4-7)26(22,23)24-13-9(15)11(17)14(25(19,20)21)12(18)10(13)16/h2-6H,1H2,(H,19,20,21)/p-1. The molecule has 2 aromatic carbocycles. The average Bonchev–Trinajstić information content (AvgIpc) is 2.56. The molecule has 2 rings (SSSR count). The van der Waals surface area contributed by atoms with Gasteiger partial charge < -0.3 is 8.74 Å². The van der Waals surface area contributed by atoms with Crippen LogP contribution in [0.25, 0.3) is 6.08 Å². The molecule has 2 aromatic rings. The van der Waals surface area contributed by atoms with Gasteiger partial charge in [0.2, 0.25) is 17.4 Å².